The Morgan fingerprint density at radius 3 is 3.32 bits per heavy atom. The topological polar surface area (TPSA) is 54.5 Å². The molecule has 1 fully saturated rings. The van der Waals surface area contributed by atoms with E-state index < -0.39 is 0 Å². The summed E-state index contributed by atoms with van der Waals surface area (Å²) in [6.07, 6.45) is 4.16. The third-order valence-corrected chi connectivity index (χ3v) is 4.07. The molecule has 5 nitrogen and oxygen atoms in total. The second-order valence-electron chi connectivity index (χ2n) is 4.71. The molecule has 1 N–H and O–H groups in total. The van der Waals surface area contributed by atoms with Gasteiger partial charge in [0.2, 0.25) is 5.91 Å². The van der Waals surface area contributed by atoms with Gasteiger partial charge < -0.3 is 15.0 Å². The predicted molar refractivity (Wildman–Crippen MR) is 76.6 cm³/mol. The molecule has 19 heavy (non-hydrogen) atoms. The number of piperidine rings is 1. The van der Waals surface area contributed by atoms with Gasteiger partial charge in [-0.3, -0.25) is 4.79 Å². The Kier molecular flexibility index (Phi) is 5.60. The maximum absolute atomic E-state index is 11.5. The highest BCUT2D eigenvalue weighted by atomic mass is 32.1. The van der Waals surface area contributed by atoms with E-state index in [2.05, 4.69) is 15.2 Å². The number of hydrogen-bond donors (Lipinski definition) is 1. The molecule has 106 valence electrons. The zero-order chi connectivity index (χ0) is 13.5. The van der Waals surface area contributed by atoms with Gasteiger partial charge in [-0.05, 0) is 25.7 Å². The van der Waals surface area contributed by atoms with Crippen LogP contribution in [0.3, 0.4) is 0 Å². The summed E-state index contributed by atoms with van der Waals surface area (Å²) in [5.74, 6) is 0.483. The number of carbonyl (C=O) groups is 1. The molecule has 0 radical (unpaired) electrons. The minimum atomic E-state index is -0.0202. The molecule has 0 aromatic carbocycles. The molecule has 2 rings (SSSR count). The van der Waals surface area contributed by atoms with Crippen LogP contribution in [0, 0.1) is 5.92 Å². The van der Waals surface area contributed by atoms with Gasteiger partial charge in [0.05, 0.1) is 0 Å². The summed E-state index contributed by atoms with van der Waals surface area (Å²) >= 11 is 1.67. The van der Waals surface area contributed by atoms with Crippen molar-refractivity contribution < 1.29 is 9.53 Å². The van der Waals surface area contributed by atoms with Gasteiger partial charge in [-0.1, -0.05) is 0 Å². The van der Waals surface area contributed by atoms with Crippen LogP contribution in [0.4, 0.5) is 5.13 Å². The number of hydrogen-bond acceptors (Lipinski definition) is 5. The van der Waals surface area contributed by atoms with Crippen LogP contribution in [-0.4, -0.2) is 43.7 Å². The van der Waals surface area contributed by atoms with Gasteiger partial charge in [0, 0.05) is 37.8 Å². The van der Waals surface area contributed by atoms with Gasteiger partial charge in [-0.25, -0.2) is 4.98 Å². The SMILES string of the molecule is CCOCC(=O)NCC1CCCN(c2nccs2)C1. The number of carbonyl (C=O) groups excluding carboxylic acids is 1. The van der Waals surface area contributed by atoms with E-state index in [1.165, 1.54) is 0 Å². The van der Waals surface area contributed by atoms with E-state index in [0.717, 1.165) is 37.6 Å². The molecule has 1 atom stereocenters. The summed E-state index contributed by atoms with van der Waals surface area (Å²) < 4.78 is 5.08. The lowest BCUT2D eigenvalue weighted by Crippen LogP contribution is -2.41. The van der Waals surface area contributed by atoms with Gasteiger partial charge in [-0.2, -0.15) is 0 Å². The average Bonchev–Trinajstić information content (AvgIpc) is 2.97. The number of nitrogens with one attached hydrogen (secondary N) is 1. The summed E-state index contributed by atoms with van der Waals surface area (Å²) in [7, 11) is 0. The fourth-order valence-electron chi connectivity index (χ4n) is 2.28. The number of ether oxygens (including phenoxy) is 1. The third-order valence-electron chi connectivity index (χ3n) is 3.23. The fourth-order valence-corrected chi connectivity index (χ4v) is 2.96. The minimum Gasteiger partial charge on any atom is -0.372 e. The van der Waals surface area contributed by atoms with Crippen molar-refractivity contribution in [3.63, 3.8) is 0 Å². The van der Waals surface area contributed by atoms with Crippen molar-refractivity contribution in [2.45, 2.75) is 19.8 Å². The van der Waals surface area contributed by atoms with Gasteiger partial charge in [0.15, 0.2) is 5.13 Å². The summed E-state index contributed by atoms with van der Waals surface area (Å²) in [4.78, 5) is 18.2. The molecular formula is C13H21N3O2S. The van der Waals surface area contributed by atoms with E-state index in [-0.39, 0.29) is 12.5 Å². The number of anilines is 1. The van der Waals surface area contributed by atoms with Gasteiger partial charge >= 0.3 is 0 Å². The molecule has 0 saturated carbocycles. The monoisotopic (exact) mass is 283 g/mol. The summed E-state index contributed by atoms with van der Waals surface area (Å²) in [6, 6.07) is 0. The summed E-state index contributed by atoms with van der Waals surface area (Å²) in [5, 5.41) is 6.04. The highest BCUT2D eigenvalue weighted by Gasteiger charge is 2.21. The van der Waals surface area contributed by atoms with E-state index in [9.17, 15) is 4.79 Å². The third kappa shape index (κ3) is 4.47. The normalized spacial score (nSPS) is 19.4. The second-order valence-corrected chi connectivity index (χ2v) is 5.58. The molecule has 1 aliphatic heterocycles. The van der Waals surface area contributed by atoms with Gasteiger partial charge in [0.25, 0.3) is 0 Å². The first-order valence-corrected chi connectivity index (χ1v) is 7.66. The van der Waals surface area contributed by atoms with E-state index in [1.807, 2.05) is 18.5 Å². The molecule has 6 heteroatoms. The highest BCUT2D eigenvalue weighted by Crippen LogP contribution is 2.24. The first-order valence-electron chi connectivity index (χ1n) is 6.78. The molecule has 0 aliphatic carbocycles. The number of rotatable bonds is 6. The van der Waals surface area contributed by atoms with Crippen LogP contribution in [0.1, 0.15) is 19.8 Å². The predicted octanol–water partition coefficient (Wildman–Crippen LogP) is 1.51. The molecular weight excluding hydrogens is 262 g/mol. The zero-order valence-electron chi connectivity index (χ0n) is 11.3. The maximum Gasteiger partial charge on any atom is 0.246 e. The summed E-state index contributed by atoms with van der Waals surface area (Å²) in [5.41, 5.74) is 0. The second kappa shape index (κ2) is 7.45. The number of thiazole rings is 1. The lowest BCUT2D eigenvalue weighted by molar-refractivity contribution is -0.125. The first-order chi connectivity index (χ1) is 9.29. The zero-order valence-corrected chi connectivity index (χ0v) is 12.1. The lowest BCUT2D eigenvalue weighted by atomic mass is 9.98. The molecule has 2 heterocycles. The molecule has 0 bridgehead atoms. The molecule has 1 saturated heterocycles. The number of nitrogens with zero attached hydrogens (tertiary/aromatic N) is 2. The smallest absolute Gasteiger partial charge is 0.246 e. The quantitative estimate of drug-likeness (QED) is 0.860. The van der Waals surface area contributed by atoms with E-state index in [4.69, 9.17) is 4.74 Å². The standard InChI is InChI=1S/C13H21N3O2S/c1-2-18-10-12(17)15-8-11-4-3-6-16(9-11)13-14-5-7-19-13/h5,7,11H,2-4,6,8-10H2,1H3,(H,15,17). The van der Waals surface area contributed by atoms with Crippen LogP contribution >= 0.6 is 11.3 Å². The molecule has 1 amide bonds. The van der Waals surface area contributed by atoms with Crippen molar-refractivity contribution in [2.24, 2.45) is 5.92 Å². The average molecular weight is 283 g/mol. The Balaban J connectivity index is 1.74. The van der Waals surface area contributed by atoms with Crippen molar-refractivity contribution >= 4 is 22.4 Å². The van der Waals surface area contributed by atoms with Crippen molar-refractivity contribution in [3.05, 3.63) is 11.6 Å². The van der Waals surface area contributed by atoms with E-state index >= 15 is 0 Å². The highest BCUT2D eigenvalue weighted by molar-refractivity contribution is 7.13. The Bertz CT molecular complexity index is 383. The van der Waals surface area contributed by atoms with E-state index in [1.54, 1.807) is 11.3 Å². The Morgan fingerprint density at radius 1 is 1.68 bits per heavy atom. The van der Waals surface area contributed by atoms with E-state index in [0.29, 0.717) is 12.5 Å². The molecule has 1 aromatic rings. The Labute approximate surface area is 118 Å². The van der Waals surface area contributed by atoms with Crippen LogP contribution in [0.2, 0.25) is 0 Å². The molecule has 0 spiro atoms. The van der Waals surface area contributed by atoms with Crippen LogP contribution in [0.5, 0.6) is 0 Å². The Morgan fingerprint density at radius 2 is 2.58 bits per heavy atom. The number of aromatic nitrogens is 1. The first kappa shape index (κ1) is 14.3. The van der Waals surface area contributed by atoms with Crippen molar-refractivity contribution in [2.75, 3.05) is 37.7 Å². The Hall–Kier alpha value is -1.14. The van der Waals surface area contributed by atoms with Crippen molar-refractivity contribution in [3.8, 4) is 0 Å². The number of amides is 1. The van der Waals surface area contributed by atoms with Crippen LogP contribution in [0.25, 0.3) is 0 Å². The van der Waals surface area contributed by atoms with Crippen molar-refractivity contribution in [1.82, 2.24) is 10.3 Å². The van der Waals surface area contributed by atoms with Crippen LogP contribution in [-0.2, 0) is 9.53 Å². The maximum atomic E-state index is 11.5. The summed E-state index contributed by atoms with van der Waals surface area (Å²) in [6.45, 7) is 5.40. The fraction of sp³-hybridized carbons (Fsp3) is 0.692. The molecule has 1 unspecified atom stereocenters. The largest absolute Gasteiger partial charge is 0.372 e. The lowest BCUT2D eigenvalue weighted by Gasteiger charge is -2.32. The molecule has 1 aromatic heterocycles. The van der Waals surface area contributed by atoms with Gasteiger partial charge in [-0.15, -0.1) is 11.3 Å². The van der Waals surface area contributed by atoms with Gasteiger partial charge in [0.1, 0.15) is 6.61 Å². The minimum absolute atomic E-state index is 0.0202. The van der Waals surface area contributed by atoms with Crippen molar-refractivity contribution in [1.29, 1.82) is 0 Å². The van der Waals surface area contributed by atoms with Crippen LogP contribution < -0.4 is 10.2 Å². The van der Waals surface area contributed by atoms with Crippen LogP contribution in [0.15, 0.2) is 11.6 Å². The molecule has 1 aliphatic rings.